The average molecular weight is 364 g/mol. The van der Waals surface area contributed by atoms with E-state index < -0.39 is 4.92 Å². The molecule has 23 heavy (non-hydrogen) atoms. The van der Waals surface area contributed by atoms with E-state index in [0.717, 1.165) is 18.7 Å². The van der Waals surface area contributed by atoms with Crippen LogP contribution in [-0.4, -0.2) is 43.3 Å². The lowest BCUT2D eigenvalue weighted by Gasteiger charge is -2.06. The van der Waals surface area contributed by atoms with E-state index in [1.807, 2.05) is 6.92 Å². The maximum Gasteiger partial charge on any atom is 0.311 e. The number of thioether (sulfide) groups is 1. The summed E-state index contributed by atoms with van der Waals surface area (Å²) >= 11 is 1.42. The molecule has 0 saturated carbocycles. The van der Waals surface area contributed by atoms with Crippen LogP contribution in [0.2, 0.25) is 0 Å². The van der Waals surface area contributed by atoms with Gasteiger partial charge in [-0.15, -0.1) is 24.2 Å². The Hall–Kier alpha value is -1.51. The summed E-state index contributed by atoms with van der Waals surface area (Å²) in [6.07, 6.45) is 0. The van der Waals surface area contributed by atoms with Crippen LogP contribution in [0.5, 0.6) is 5.75 Å². The number of nitro benzene ring substituents is 1. The highest BCUT2D eigenvalue weighted by Gasteiger charge is 2.15. The quantitative estimate of drug-likeness (QED) is 0.375. The van der Waals surface area contributed by atoms with E-state index in [4.69, 9.17) is 4.74 Å². The number of carbonyl (C=O) groups is 1. The first kappa shape index (κ1) is 21.5. The molecule has 1 amide bonds. The number of hydrogen-bond donors (Lipinski definition) is 2. The maximum absolute atomic E-state index is 11.6. The molecule has 0 atom stereocenters. The smallest absolute Gasteiger partial charge is 0.311 e. The molecule has 0 unspecified atom stereocenters. The van der Waals surface area contributed by atoms with Gasteiger partial charge in [0.15, 0.2) is 5.75 Å². The third-order valence-electron chi connectivity index (χ3n) is 2.82. The van der Waals surface area contributed by atoms with E-state index in [1.165, 1.54) is 24.9 Å². The molecule has 0 bridgehead atoms. The summed E-state index contributed by atoms with van der Waals surface area (Å²) in [5, 5.41) is 16.9. The fourth-order valence-corrected chi connectivity index (χ4v) is 2.55. The van der Waals surface area contributed by atoms with Gasteiger partial charge in [-0.3, -0.25) is 14.9 Å². The van der Waals surface area contributed by atoms with E-state index in [2.05, 4.69) is 10.6 Å². The van der Waals surface area contributed by atoms with Crippen molar-refractivity contribution in [3.63, 3.8) is 0 Å². The van der Waals surface area contributed by atoms with Gasteiger partial charge >= 0.3 is 5.69 Å². The minimum absolute atomic E-state index is 0. The highest BCUT2D eigenvalue weighted by Crippen LogP contribution is 2.28. The lowest BCUT2D eigenvalue weighted by molar-refractivity contribution is -0.385. The molecular formula is C14H22ClN3O4S. The molecule has 0 aliphatic rings. The molecule has 9 heteroatoms. The molecule has 0 aliphatic heterocycles. The first-order valence-electron chi connectivity index (χ1n) is 6.95. The van der Waals surface area contributed by atoms with Gasteiger partial charge in [0.25, 0.3) is 0 Å². The number of nitrogens with zero attached hydrogens (tertiary/aromatic N) is 1. The molecule has 130 valence electrons. The summed E-state index contributed by atoms with van der Waals surface area (Å²) in [6.45, 7) is 4.23. The molecule has 0 heterocycles. The third kappa shape index (κ3) is 8.06. The lowest BCUT2D eigenvalue weighted by atomic mass is 10.2. The van der Waals surface area contributed by atoms with Crippen LogP contribution in [0.4, 0.5) is 5.69 Å². The Bertz CT molecular complexity index is 517. The van der Waals surface area contributed by atoms with Crippen molar-refractivity contribution in [3.8, 4) is 5.75 Å². The lowest BCUT2D eigenvalue weighted by Crippen LogP contribution is -2.32. The Morgan fingerprint density at radius 2 is 2.13 bits per heavy atom. The monoisotopic (exact) mass is 363 g/mol. The summed E-state index contributed by atoms with van der Waals surface area (Å²) in [4.78, 5) is 22.0. The van der Waals surface area contributed by atoms with Gasteiger partial charge in [-0.25, -0.2) is 0 Å². The van der Waals surface area contributed by atoms with E-state index in [9.17, 15) is 14.9 Å². The number of methoxy groups -OCH3 is 1. The van der Waals surface area contributed by atoms with Gasteiger partial charge in [0.2, 0.25) is 5.91 Å². The van der Waals surface area contributed by atoms with Gasteiger partial charge in [0, 0.05) is 24.9 Å². The number of amides is 1. The van der Waals surface area contributed by atoms with Crippen molar-refractivity contribution >= 4 is 35.8 Å². The fraction of sp³-hybridized carbons (Fsp3) is 0.500. The minimum Gasteiger partial charge on any atom is -0.490 e. The van der Waals surface area contributed by atoms with E-state index in [0.29, 0.717) is 18.1 Å². The van der Waals surface area contributed by atoms with Crippen LogP contribution in [-0.2, 0) is 10.5 Å². The summed E-state index contributed by atoms with van der Waals surface area (Å²) in [5.41, 5.74) is 0.730. The molecule has 0 fully saturated rings. The van der Waals surface area contributed by atoms with Crippen molar-refractivity contribution in [3.05, 3.63) is 33.9 Å². The number of carbonyl (C=O) groups excluding carboxylic acids is 1. The molecule has 2 N–H and O–H groups in total. The number of ether oxygens (including phenoxy) is 1. The number of benzene rings is 1. The maximum atomic E-state index is 11.6. The number of nitro groups is 1. The van der Waals surface area contributed by atoms with Crippen molar-refractivity contribution < 1.29 is 14.5 Å². The van der Waals surface area contributed by atoms with Gasteiger partial charge in [0.05, 0.1) is 17.8 Å². The van der Waals surface area contributed by atoms with Gasteiger partial charge in [-0.05, 0) is 18.2 Å². The minimum atomic E-state index is -0.472. The zero-order chi connectivity index (χ0) is 16.4. The summed E-state index contributed by atoms with van der Waals surface area (Å²) in [6, 6.07) is 4.82. The zero-order valence-electron chi connectivity index (χ0n) is 13.2. The Morgan fingerprint density at radius 1 is 1.39 bits per heavy atom. The van der Waals surface area contributed by atoms with Crippen LogP contribution < -0.4 is 15.4 Å². The largest absolute Gasteiger partial charge is 0.490 e. The van der Waals surface area contributed by atoms with Gasteiger partial charge < -0.3 is 15.4 Å². The first-order valence-corrected chi connectivity index (χ1v) is 8.10. The van der Waals surface area contributed by atoms with Crippen LogP contribution in [0.25, 0.3) is 0 Å². The molecule has 0 spiro atoms. The normalized spacial score (nSPS) is 9.83. The number of hydrogen-bond acceptors (Lipinski definition) is 6. The molecule has 0 aliphatic carbocycles. The number of rotatable bonds is 10. The van der Waals surface area contributed by atoms with Crippen molar-refractivity contribution in [2.75, 3.05) is 32.5 Å². The van der Waals surface area contributed by atoms with Crippen LogP contribution in [0.1, 0.15) is 12.5 Å². The van der Waals surface area contributed by atoms with Crippen LogP contribution >= 0.6 is 24.2 Å². The summed E-state index contributed by atoms with van der Waals surface area (Å²) < 4.78 is 4.95. The molecule has 1 rings (SSSR count). The Morgan fingerprint density at radius 3 is 2.74 bits per heavy atom. The number of likely N-dealkylation sites (N-methyl/N-ethyl adjacent to an activating group) is 1. The van der Waals surface area contributed by atoms with Crippen molar-refractivity contribution in [1.82, 2.24) is 10.6 Å². The number of nitrogens with one attached hydrogen (secondary N) is 2. The predicted molar refractivity (Wildman–Crippen MR) is 94.6 cm³/mol. The Kier molecular flexibility index (Phi) is 11.2. The van der Waals surface area contributed by atoms with Gasteiger partial charge in [-0.1, -0.05) is 13.0 Å². The fourth-order valence-electron chi connectivity index (χ4n) is 1.75. The molecule has 1 aromatic rings. The average Bonchev–Trinajstić information content (AvgIpc) is 2.51. The van der Waals surface area contributed by atoms with Gasteiger partial charge in [-0.2, -0.15) is 0 Å². The Labute approximate surface area is 146 Å². The first-order chi connectivity index (χ1) is 10.6. The van der Waals surface area contributed by atoms with E-state index in [1.54, 1.807) is 12.1 Å². The summed E-state index contributed by atoms with van der Waals surface area (Å²) in [7, 11) is 1.40. The molecule has 7 nitrogen and oxygen atoms in total. The predicted octanol–water partition coefficient (Wildman–Crippen LogP) is 1.98. The Balaban J connectivity index is 0.00000484. The standard InChI is InChI=1S/C14H21N3O4S.ClH/c1-3-15-6-7-16-14(18)10-22-9-11-4-5-13(21-2)12(8-11)17(19)20;/h4-5,8,15H,3,6-7,9-10H2,1-2H3,(H,16,18);1H. The van der Waals surface area contributed by atoms with Gasteiger partial charge in [0.1, 0.15) is 0 Å². The van der Waals surface area contributed by atoms with E-state index >= 15 is 0 Å². The second-order valence-corrected chi connectivity index (χ2v) is 5.45. The molecular weight excluding hydrogens is 342 g/mol. The topological polar surface area (TPSA) is 93.5 Å². The highest BCUT2D eigenvalue weighted by molar-refractivity contribution is 7.99. The summed E-state index contributed by atoms with van der Waals surface area (Å²) in [5.74, 6) is 1.06. The second-order valence-electron chi connectivity index (χ2n) is 4.46. The van der Waals surface area contributed by atoms with E-state index in [-0.39, 0.29) is 29.8 Å². The van der Waals surface area contributed by atoms with Crippen molar-refractivity contribution in [2.45, 2.75) is 12.7 Å². The SMILES string of the molecule is CCNCCNC(=O)CSCc1ccc(OC)c([N+](=O)[O-])c1.Cl. The van der Waals surface area contributed by atoms with Crippen molar-refractivity contribution in [1.29, 1.82) is 0 Å². The van der Waals surface area contributed by atoms with Crippen LogP contribution in [0, 0.1) is 10.1 Å². The zero-order valence-corrected chi connectivity index (χ0v) is 14.8. The van der Waals surface area contributed by atoms with Crippen LogP contribution in [0.3, 0.4) is 0 Å². The highest BCUT2D eigenvalue weighted by atomic mass is 35.5. The van der Waals surface area contributed by atoms with Crippen molar-refractivity contribution in [2.24, 2.45) is 0 Å². The number of halogens is 1. The molecule has 0 aromatic heterocycles. The molecule has 0 radical (unpaired) electrons. The second kappa shape index (κ2) is 12.0. The molecule has 1 aromatic carbocycles. The third-order valence-corrected chi connectivity index (χ3v) is 3.82. The van der Waals surface area contributed by atoms with Crippen LogP contribution in [0.15, 0.2) is 18.2 Å². The molecule has 0 saturated heterocycles.